The molecule has 2 amide bonds. The van der Waals surface area contributed by atoms with Crippen LogP contribution < -0.4 is 10.6 Å². The normalized spacial score (nSPS) is 17.3. The van der Waals surface area contributed by atoms with E-state index < -0.39 is 23.6 Å². The molecule has 2 aromatic heterocycles. The molecule has 4 rings (SSSR count). The van der Waals surface area contributed by atoms with E-state index in [1.807, 2.05) is 26.0 Å². The Hall–Kier alpha value is -3.33. The number of fused-ring (bicyclic) bond motifs is 1. The number of carbonyl (C=O) groups is 2. The van der Waals surface area contributed by atoms with E-state index in [1.54, 1.807) is 12.4 Å². The molecule has 34 heavy (non-hydrogen) atoms. The Morgan fingerprint density at radius 1 is 1.18 bits per heavy atom. The molecule has 1 unspecified atom stereocenters. The molecule has 3 N–H and O–H groups in total. The van der Waals surface area contributed by atoms with Crippen LogP contribution in [0.3, 0.4) is 0 Å². The first-order valence-corrected chi connectivity index (χ1v) is 11.5. The monoisotopic (exact) mass is 469 g/mol. The smallest absolute Gasteiger partial charge is 0.243 e. The lowest BCUT2D eigenvalue weighted by molar-refractivity contribution is -0.131. The lowest BCUT2D eigenvalue weighted by atomic mass is 10.0. The van der Waals surface area contributed by atoms with Crippen LogP contribution in [-0.2, 0) is 22.6 Å². The van der Waals surface area contributed by atoms with Gasteiger partial charge in [0.1, 0.15) is 11.7 Å². The molecule has 180 valence electrons. The van der Waals surface area contributed by atoms with Gasteiger partial charge in [-0.25, -0.2) is 13.8 Å². The molecule has 3 heterocycles. The molecule has 1 aromatic carbocycles. The Morgan fingerprint density at radius 3 is 2.76 bits per heavy atom. The van der Waals surface area contributed by atoms with Crippen LogP contribution in [0.1, 0.15) is 37.8 Å². The summed E-state index contributed by atoms with van der Waals surface area (Å²) in [6, 6.07) is 6.26. The predicted molar refractivity (Wildman–Crippen MR) is 125 cm³/mol. The van der Waals surface area contributed by atoms with Gasteiger partial charge in [-0.3, -0.25) is 14.5 Å². The van der Waals surface area contributed by atoms with Crippen LogP contribution in [0.2, 0.25) is 0 Å². The van der Waals surface area contributed by atoms with Crippen LogP contribution in [0.15, 0.2) is 42.7 Å². The maximum absolute atomic E-state index is 13.8. The highest BCUT2D eigenvalue weighted by atomic mass is 19.2. The predicted octanol–water partition coefficient (Wildman–Crippen LogP) is 3.06. The van der Waals surface area contributed by atoms with Gasteiger partial charge < -0.3 is 15.6 Å². The first kappa shape index (κ1) is 23.8. The molecular formula is C25H29F2N5O2. The Balaban J connectivity index is 1.48. The van der Waals surface area contributed by atoms with Gasteiger partial charge in [0.25, 0.3) is 0 Å². The molecule has 0 spiro atoms. The summed E-state index contributed by atoms with van der Waals surface area (Å²) in [5.41, 5.74) is 1.98. The number of likely N-dealkylation sites (tertiary alicyclic amines) is 1. The minimum atomic E-state index is -0.990. The van der Waals surface area contributed by atoms with Gasteiger partial charge in [-0.1, -0.05) is 6.07 Å². The third-order valence-electron chi connectivity index (χ3n) is 6.24. The van der Waals surface area contributed by atoms with E-state index in [9.17, 15) is 18.4 Å². The molecule has 3 aromatic rings. The van der Waals surface area contributed by atoms with E-state index in [0.717, 1.165) is 41.7 Å². The number of aromatic amines is 1. The summed E-state index contributed by atoms with van der Waals surface area (Å²) in [7, 11) is 0. The summed E-state index contributed by atoms with van der Waals surface area (Å²) >= 11 is 0. The fraction of sp³-hybridized carbons (Fsp3) is 0.400. The quantitative estimate of drug-likeness (QED) is 0.473. The Bertz CT molecular complexity index is 1180. The average molecular weight is 470 g/mol. The van der Waals surface area contributed by atoms with Crippen molar-refractivity contribution >= 4 is 22.8 Å². The second-order valence-electron chi connectivity index (χ2n) is 8.98. The van der Waals surface area contributed by atoms with Gasteiger partial charge in [0, 0.05) is 36.8 Å². The molecule has 1 fully saturated rings. The van der Waals surface area contributed by atoms with Crippen LogP contribution in [0, 0.1) is 11.6 Å². The third-order valence-corrected chi connectivity index (χ3v) is 6.24. The molecule has 0 saturated carbocycles. The van der Waals surface area contributed by atoms with Crippen LogP contribution >= 0.6 is 0 Å². The van der Waals surface area contributed by atoms with Gasteiger partial charge in [-0.15, -0.1) is 0 Å². The second kappa shape index (κ2) is 10.3. The highest BCUT2D eigenvalue weighted by molar-refractivity contribution is 5.90. The SMILES string of the molecule is CC(C)N1CCCC1C(=O)N[C@@H](Cc1ccc(F)c(F)c1)C(=O)NCc1cnc2[nH]ccc2c1. The lowest BCUT2D eigenvalue weighted by Gasteiger charge is -2.29. The van der Waals surface area contributed by atoms with Crippen molar-refractivity contribution < 1.29 is 18.4 Å². The molecule has 1 aliphatic heterocycles. The van der Waals surface area contributed by atoms with Gasteiger partial charge >= 0.3 is 0 Å². The van der Waals surface area contributed by atoms with Gasteiger partial charge in [0.15, 0.2) is 11.6 Å². The molecule has 1 aliphatic rings. The number of benzene rings is 1. The van der Waals surface area contributed by atoms with Crippen molar-refractivity contribution in [1.82, 2.24) is 25.5 Å². The Kier molecular flexibility index (Phi) is 7.21. The summed E-state index contributed by atoms with van der Waals surface area (Å²) in [6.45, 7) is 5.11. The summed E-state index contributed by atoms with van der Waals surface area (Å²) in [5.74, 6) is -2.58. The maximum atomic E-state index is 13.8. The highest BCUT2D eigenvalue weighted by Gasteiger charge is 2.34. The zero-order chi connectivity index (χ0) is 24.2. The third kappa shape index (κ3) is 5.41. The molecule has 1 saturated heterocycles. The van der Waals surface area contributed by atoms with Crippen molar-refractivity contribution in [2.24, 2.45) is 0 Å². The van der Waals surface area contributed by atoms with Gasteiger partial charge in [-0.2, -0.15) is 0 Å². The van der Waals surface area contributed by atoms with Gasteiger partial charge in [0.2, 0.25) is 11.8 Å². The number of halogens is 2. The number of H-pyrrole nitrogens is 1. The first-order valence-electron chi connectivity index (χ1n) is 11.5. The summed E-state index contributed by atoms with van der Waals surface area (Å²) in [5, 5.41) is 6.63. The molecular weight excluding hydrogens is 440 g/mol. The minimum Gasteiger partial charge on any atom is -0.350 e. The molecule has 7 nitrogen and oxygen atoms in total. The number of amides is 2. The van der Waals surface area contributed by atoms with Gasteiger partial charge in [0.05, 0.1) is 6.04 Å². The fourth-order valence-electron chi connectivity index (χ4n) is 4.46. The Labute approximate surface area is 196 Å². The average Bonchev–Trinajstić information content (AvgIpc) is 3.48. The molecule has 2 atom stereocenters. The van der Waals surface area contributed by atoms with Crippen molar-refractivity contribution in [2.45, 2.75) is 57.8 Å². The van der Waals surface area contributed by atoms with E-state index in [-0.39, 0.29) is 31.0 Å². The zero-order valence-corrected chi connectivity index (χ0v) is 19.3. The zero-order valence-electron chi connectivity index (χ0n) is 19.3. The van der Waals surface area contributed by atoms with E-state index >= 15 is 0 Å². The maximum Gasteiger partial charge on any atom is 0.243 e. The van der Waals surface area contributed by atoms with Crippen molar-refractivity contribution in [3.63, 3.8) is 0 Å². The largest absolute Gasteiger partial charge is 0.350 e. The van der Waals surface area contributed by atoms with Crippen molar-refractivity contribution in [1.29, 1.82) is 0 Å². The number of carbonyl (C=O) groups excluding carboxylic acids is 2. The van der Waals surface area contributed by atoms with E-state index in [1.165, 1.54) is 6.07 Å². The van der Waals surface area contributed by atoms with E-state index in [2.05, 4.69) is 25.5 Å². The van der Waals surface area contributed by atoms with Crippen molar-refractivity contribution in [3.05, 3.63) is 65.5 Å². The van der Waals surface area contributed by atoms with Crippen LogP contribution in [0.4, 0.5) is 8.78 Å². The van der Waals surface area contributed by atoms with Crippen LogP contribution in [0.25, 0.3) is 11.0 Å². The van der Waals surface area contributed by atoms with Crippen LogP contribution in [-0.4, -0.2) is 51.4 Å². The molecule has 0 radical (unpaired) electrons. The van der Waals surface area contributed by atoms with Crippen molar-refractivity contribution in [3.8, 4) is 0 Å². The second-order valence-corrected chi connectivity index (χ2v) is 8.98. The highest BCUT2D eigenvalue weighted by Crippen LogP contribution is 2.20. The summed E-state index contributed by atoms with van der Waals surface area (Å²) in [4.78, 5) is 35.7. The minimum absolute atomic E-state index is 0.0399. The summed E-state index contributed by atoms with van der Waals surface area (Å²) < 4.78 is 27.2. The van der Waals surface area contributed by atoms with E-state index in [0.29, 0.717) is 12.0 Å². The number of hydrogen-bond donors (Lipinski definition) is 3. The van der Waals surface area contributed by atoms with Crippen molar-refractivity contribution in [2.75, 3.05) is 6.54 Å². The number of nitrogens with one attached hydrogen (secondary N) is 3. The standard InChI is InChI=1S/C25H29F2N5O2/c1-15(2)32-9-3-4-22(32)25(34)31-21(12-16-5-6-19(26)20(27)11-16)24(33)30-14-17-10-18-7-8-28-23(18)29-13-17/h5-8,10-11,13,15,21-22H,3-4,9,12,14H2,1-2H3,(H,28,29)(H,30,33)(H,31,34)/t21-,22?/m0/s1. The van der Waals surface area contributed by atoms with Gasteiger partial charge in [-0.05, 0) is 68.6 Å². The molecule has 0 aliphatic carbocycles. The first-order chi connectivity index (χ1) is 16.3. The lowest BCUT2D eigenvalue weighted by Crippen LogP contribution is -2.53. The van der Waals surface area contributed by atoms with E-state index in [4.69, 9.17) is 0 Å². The molecule has 0 bridgehead atoms. The Morgan fingerprint density at radius 2 is 2.00 bits per heavy atom. The number of pyridine rings is 1. The topological polar surface area (TPSA) is 90.1 Å². The fourth-order valence-corrected chi connectivity index (χ4v) is 4.46. The number of nitrogens with zero attached hydrogens (tertiary/aromatic N) is 2. The molecule has 9 heteroatoms. The number of aromatic nitrogens is 2. The van der Waals surface area contributed by atoms with Crippen LogP contribution in [0.5, 0.6) is 0 Å². The number of rotatable bonds is 8. The summed E-state index contributed by atoms with van der Waals surface area (Å²) in [6.07, 6.45) is 5.12. The number of hydrogen-bond acceptors (Lipinski definition) is 4.